The number of rotatable bonds is 28. The van der Waals surface area contributed by atoms with E-state index in [0.29, 0.717) is 18.4 Å². The SMILES string of the molecule is CCCCCCCCCCCCCCCCC(CC(CC)CCCC)C(=O)OCC(CC)CCCC. The van der Waals surface area contributed by atoms with Crippen LogP contribution in [0.3, 0.4) is 0 Å². The molecular weight excluding hydrogens is 440 g/mol. The second-order valence-electron chi connectivity index (χ2n) is 11.8. The summed E-state index contributed by atoms with van der Waals surface area (Å²) < 4.78 is 5.93. The van der Waals surface area contributed by atoms with E-state index in [0.717, 1.165) is 19.3 Å². The fourth-order valence-corrected chi connectivity index (χ4v) is 5.52. The molecule has 3 atom stereocenters. The lowest BCUT2D eigenvalue weighted by Gasteiger charge is -2.23. The van der Waals surface area contributed by atoms with Gasteiger partial charge in [-0.25, -0.2) is 0 Å². The molecule has 0 aromatic carbocycles. The molecule has 0 spiro atoms. The Hall–Kier alpha value is -0.530. The average Bonchev–Trinajstić information content (AvgIpc) is 2.89. The van der Waals surface area contributed by atoms with Crippen molar-refractivity contribution < 1.29 is 9.53 Å². The summed E-state index contributed by atoms with van der Waals surface area (Å²) in [5.41, 5.74) is 0. The second-order valence-corrected chi connectivity index (χ2v) is 11.8. The standard InChI is InChI=1S/C34H68O2/c1-6-11-14-15-16-17-18-19-20-21-22-23-24-25-28-33(29-31(9-4)26-12-7-2)34(35)36-30-32(10-5)27-13-8-3/h31-33H,6-30H2,1-5H3. The molecule has 0 rings (SSSR count). The quantitative estimate of drug-likeness (QED) is 0.0775. The molecule has 0 heterocycles. The fraction of sp³-hybridized carbons (Fsp3) is 0.971. The summed E-state index contributed by atoms with van der Waals surface area (Å²) in [4.78, 5) is 13.1. The molecule has 0 aliphatic rings. The van der Waals surface area contributed by atoms with Gasteiger partial charge in [0, 0.05) is 0 Å². The Kier molecular flexibility index (Phi) is 27.1. The summed E-state index contributed by atoms with van der Waals surface area (Å²) in [6, 6.07) is 0. The minimum Gasteiger partial charge on any atom is -0.465 e. The van der Waals surface area contributed by atoms with Crippen LogP contribution in [0.4, 0.5) is 0 Å². The molecule has 0 N–H and O–H groups in total. The summed E-state index contributed by atoms with van der Waals surface area (Å²) in [6.45, 7) is 12.0. The molecule has 0 saturated carbocycles. The van der Waals surface area contributed by atoms with Crippen LogP contribution >= 0.6 is 0 Å². The first kappa shape index (κ1) is 35.5. The van der Waals surface area contributed by atoms with Gasteiger partial charge >= 0.3 is 5.97 Å². The lowest BCUT2D eigenvalue weighted by molar-refractivity contribution is -0.151. The highest BCUT2D eigenvalue weighted by Gasteiger charge is 2.24. The molecule has 3 unspecified atom stereocenters. The highest BCUT2D eigenvalue weighted by atomic mass is 16.5. The third-order valence-electron chi connectivity index (χ3n) is 8.41. The first-order valence-electron chi connectivity index (χ1n) is 16.8. The van der Waals surface area contributed by atoms with Crippen molar-refractivity contribution in [3.8, 4) is 0 Å². The van der Waals surface area contributed by atoms with Gasteiger partial charge in [-0.1, -0.05) is 169 Å². The van der Waals surface area contributed by atoms with Crippen LogP contribution in [-0.2, 0) is 9.53 Å². The molecule has 0 aliphatic carbocycles. The molecular formula is C34H68O2. The molecule has 0 radical (unpaired) electrons. The van der Waals surface area contributed by atoms with Crippen molar-refractivity contribution in [1.82, 2.24) is 0 Å². The van der Waals surface area contributed by atoms with Gasteiger partial charge in [0.1, 0.15) is 0 Å². The van der Waals surface area contributed by atoms with E-state index in [9.17, 15) is 4.79 Å². The van der Waals surface area contributed by atoms with E-state index in [2.05, 4.69) is 34.6 Å². The van der Waals surface area contributed by atoms with E-state index < -0.39 is 0 Å². The largest absolute Gasteiger partial charge is 0.465 e. The lowest BCUT2D eigenvalue weighted by Crippen LogP contribution is -2.23. The van der Waals surface area contributed by atoms with E-state index in [-0.39, 0.29) is 11.9 Å². The van der Waals surface area contributed by atoms with E-state index in [1.807, 2.05) is 0 Å². The molecule has 216 valence electrons. The van der Waals surface area contributed by atoms with Gasteiger partial charge in [-0.15, -0.1) is 0 Å². The number of unbranched alkanes of at least 4 members (excludes halogenated alkanes) is 15. The van der Waals surface area contributed by atoms with Crippen LogP contribution in [0.1, 0.15) is 189 Å². The first-order valence-corrected chi connectivity index (χ1v) is 16.8. The summed E-state index contributed by atoms with van der Waals surface area (Å²) in [6.07, 6.45) is 31.2. The van der Waals surface area contributed by atoms with Gasteiger partial charge in [-0.05, 0) is 31.1 Å². The van der Waals surface area contributed by atoms with Crippen molar-refractivity contribution in [2.24, 2.45) is 17.8 Å². The zero-order valence-corrected chi connectivity index (χ0v) is 25.7. The van der Waals surface area contributed by atoms with Crippen LogP contribution in [0.25, 0.3) is 0 Å². The van der Waals surface area contributed by atoms with Crippen molar-refractivity contribution >= 4 is 5.97 Å². The van der Waals surface area contributed by atoms with E-state index in [1.54, 1.807) is 0 Å². The molecule has 0 fully saturated rings. The van der Waals surface area contributed by atoms with Crippen molar-refractivity contribution in [3.05, 3.63) is 0 Å². The minimum atomic E-state index is 0.106. The smallest absolute Gasteiger partial charge is 0.308 e. The van der Waals surface area contributed by atoms with Gasteiger partial charge < -0.3 is 4.74 Å². The van der Waals surface area contributed by atoms with Crippen molar-refractivity contribution in [2.45, 2.75) is 189 Å². The molecule has 0 aromatic rings. The van der Waals surface area contributed by atoms with Crippen LogP contribution in [0.15, 0.2) is 0 Å². The van der Waals surface area contributed by atoms with Crippen LogP contribution in [-0.4, -0.2) is 12.6 Å². The van der Waals surface area contributed by atoms with Crippen LogP contribution < -0.4 is 0 Å². The van der Waals surface area contributed by atoms with E-state index >= 15 is 0 Å². The predicted octanol–water partition coefficient (Wildman–Crippen LogP) is 11.8. The number of hydrogen-bond acceptors (Lipinski definition) is 2. The van der Waals surface area contributed by atoms with Crippen molar-refractivity contribution in [3.63, 3.8) is 0 Å². The predicted molar refractivity (Wildman–Crippen MR) is 161 cm³/mol. The Bertz CT molecular complexity index is 446. The molecule has 2 heteroatoms. The van der Waals surface area contributed by atoms with Gasteiger partial charge in [-0.3, -0.25) is 4.79 Å². The Labute approximate surface area is 228 Å². The molecule has 0 aromatic heterocycles. The maximum atomic E-state index is 13.1. The van der Waals surface area contributed by atoms with Gasteiger partial charge in [0.25, 0.3) is 0 Å². The maximum absolute atomic E-state index is 13.1. The second kappa shape index (κ2) is 27.5. The average molecular weight is 509 g/mol. The third-order valence-corrected chi connectivity index (χ3v) is 8.41. The minimum absolute atomic E-state index is 0.106. The summed E-state index contributed by atoms with van der Waals surface area (Å²) in [5.74, 6) is 1.44. The number of hydrogen-bond donors (Lipinski definition) is 0. The maximum Gasteiger partial charge on any atom is 0.308 e. The number of carbonyl (C=O) groups excluding carboxylic acids is 1. The van der Waals surface area contributed by atoms with E-state index in [1.165, 1.54) is 135 Å². The molecule has 0 saturated heterocycles. The Balaban J connectivity index is 4.22. The van der Waals surface area contributed by atoms with Crippen LogP contribution in [0, 0.1) is 17.8 Å². The molecule has 0 aliphatic heterocycles. The Morgan fingerprint density at radius 2 is 0.917 bits per heavy atom. The van der Waals surface area contributed by atoms with Crippen molar-refractivity contribution in [1.29, 1.82) is 0 Å². The van der Waals surface area contributed by atoms with Crippen LogP contribution in [0.5, 0.6) is 0 Å². The van der Waals surface area contributed by atoms with Crippen LogP contribution in [0.2, 0.25) is 0 Å². The van der Waals surface area contributed by atoms with Gasteiger partial charge in [-0.2, -0.15) is 0 Å². The summed E-state index contributed by atoms with van der Waals surface area (Å²) >= 11 is 0. The summed E-state index contributed by atoms with van der Waals surface area (Å²) in [5, 5.41) is 0. The zero-order chi connectivity index (χ0) is 26.7. The molecule has 2 nitrogen and oxygen atoms in total. The van der Waals surface area contributed by atoms with Gasteiger partial charge in [0.2, 0.25) is 0 Å². The lowest BCUT2D eigenvalue weighted by atomic mass is 9.86. The number of carbonyl (C=O) groups is 1. The van der Waals surface area contributed by atoms with Crippen molar-refractivity contribution in [2.75, 3.05) is 6.61 Å². The topological polar surface area (TPSA) is 26.3 Å². The Morgan fingerprint density at radius 1 is 0.500 bits per heavy atom. The number of esters is 1. The van der Waals surface area contributed by atoms with E-state index in [4.69, 9.17) is 4.74 Å². The molecule has 0 bridgehead atoms. The third kappa shape index (κ3) is 21.5. The Morgan fingerprint density at radius 3 is 1.36 bits per heavy atom. The highest BCUT2D eigenvalue weighted by molar-refractivity contribution is 5.72. The van der Waals surface area contributed by atoms with Gasteiger partial charge in [0.15, 0.2) is 0 Å². The first-order chi connectivity index (χ1) is 17.6. The van der Waals surface area contributed by atoms with Gasteiger partial charge in [0.05, 0.1) is 12.5 Å². The number of ether oxygens (including phenoxy) is 1. The zero-order valence-electron chi connectivity index (χ0n) is 25.7. The summed E-state index contributed by atoms with van der Waals surface area (Å²) in [7, 11) is 0. The monoisotopic (exact) mass is 509 g/mol. The molecule has 36 heavy (non-hydrogen) atoms. The fourth-order valence-electron chi connectivity index (χ4n) is 5.52. The highest BCUT2D eigenvalue weighted by Crippen LogP contribution is 2.27. The molecule has 0 amide bonds. The normalized spacial score (nSPS) is 14.0.